The summed E-state index contributed by atoms with van der Waals surface area (Å²) in [5.74, 6) is -1.62. The molecule has 0 saturated carbocycles. The molecule has 0 fully saturated rings. The number of carbonyl (C=O) groups is 2. The predicted octanol–water partition coefficient (Wildman–Crippen LogP) is 6.27. The second-order valence-electron chi connectivity index (χ2n) is 9.01. The van der Waals surface area contributed by atoms with Crippen LogP contribution in [0.25, 0.3) is 0 Å². The number of nitro groups is 2. The molecule has 0 unspecified atom stereocenters. The average molecular weight is 527 g/mol. The molecule has 0 spiro atoms. The van der Waals surface area contributed by atoms with Gasteiger partial charge in [0.05, 0.1) is 33.1 Å². The monoisotopic (exact) mass is 526 g/mol. The molecule has 4 rings (SSSR count). The Kier molecular flexibility index (Phi) is 7.48. The van der Waals surface area contributed by atoms with Crippen LogP contribution in [0.4, 0.5) is 11.4 Å². The number of hydrogen-bond donors (Lipinski definition) is 0. The van der Waals surface area contributed by atoms with E-state index in [2.05, 4.69) is 0 Å². The first kappa shape index (κ1) is 26.7. The Labute approximate surface area is 222 Å². The summed E-state index contributed by atoms with van der Waals surface area (Å²) in [6.45, 7) is 3.43. The quantitative estimate of drug-likeness (QED) is 0.113. The van der Waals surface area contributed by atoms with E-state index < -0.39 is 27.2 Å². The molecule has 0 radical (unpaired) electrons. The van der Waals surface area contributed by atoms with Crippen molar-refractivity contribution in [1.29, 1.82) is 0 Å². The number of ether oxygens (including phenoxy) is 2. The third-order valence-electron chi connectivity index (χ3n) is 6.12. The highest BCUT2D eigenvalue weighted by molar-refractivity contribution is 5.92. The van der Waals surface area contributed by atoms with Gasteiger partial charge in [-0.1, -0.05) is 50.2 Å². The van der Waals surface area contributed by atoms with Crippen LogP contribution in [0, 0.1) is 20.2 Å². The zero-order valence-corrected chi connectivity index (χ0v) is 20.9. The van der Waals surface area contributed by atoms with E-state index in [0.29, 0.717) is 11.1 Å². The Morgan fingerprint density at radius 3 is 1.31 bits per heavy atom. The molecule has 0 bridgehead atoms. The Morgan fingerprint density at radius 1 is 0.615 bits per heavy atom. The van der Waals surface area contributed by atoms with Crippen LogP contribution in [-0.4, -0.2) is 21.8 Å². The van der Waals surface area contributed by atoms with E-state index in [0.717, 1.165) is 12.1 Å². The number of nitrogens with zero attached hydrogens (tertiary/aromatic N) is 2. The lowest BCUT2D eigenvalue weighted by molar-refractivity contribution is -0.385. The molecule has 10 heteroatoms. The Bertz CT molecular complexity index is 1450. The van der Waals surface area contributed by atoms with Crippen LogP contribution in [0.2, 0.25) is 0 Å². The summed E-state index contributed by atoms with van der Waals surface area (Å²) >= 11 is 0. The summed E-state index contributed by atoms with van der Waals surface area (Å²) in [4.78, 5) is 47.5. The van der Waals surface area contributed by atoms with Gasteiger partial charge in [0.2, 0.25) is 0 Å². The highest BCUT2D eigenvalue weighted by Crippen LogP contribution is 2.44. The molecule has 10 nitrogen and oxygen atoms in total. The Morgan fingerprint density at radius 2 is 0.974 bits per heavy atom. The van der Waals surface area contributed by atoms with E-state index in [4.69, 9.17) is 9.47 Å². The van der Waals surface area contributed by atoms with Gasteiger partial charge < -0.3 is 9.47 Å². The first-order valence-electron chi connectivity index (χ1n) is 11.7. The van der Waals surface area contributed by atoms with Gasteiger partial charge >= 0.3 is 11.9 Å². The minimum Gasteiger partial charge on any atom is -0.422 e. The van der Waals surface area contributed by atoms with Gasteiger partial charge in [-0.2, -0.15) is 0 Å². The molecule has 0 aliphatic rings. The van der Waals surface area contributed by atoms with Crippen LogP contribution >= 0.6 is 0 Å². The highest BCUT2D eigenvalue weighted by atomic mass is 16.6. The maximum absolute atomic E-state index is 12.9. The van der Waals surface area contributed by atoms with Gasteiger partial charge in [-0.25, -0.2) is 9.59 Å². The minimum atomic E-state index is -1.11. The first-order valence-corrected chi connectivity index (χ1v) is 11.7. The van der Waals surface area contributed by atoms with Gasteiger partial charge in [0, 0.05) is 28.7 Å². The fraction of sp³-hybridized carbons (Fsp3) is 0.103. The normalized spacial score (nSPS) is 10.9. The molecule has 0 aliphatic heterocycles. The number of esters is 2. The van der Waals surface area contributed by atoms with Crippen molar-refractivity contribution < 1.29 is 28.9 Å². The fourth-order valence-electron chi connectivity index (χ4n) is 4.06. The van der Waals surface area contributed by atoms with Crippen molar-refractivity contribution in [3.05, 3.63) is 140 Å². The number of rotatable bonds is 8. The van der Waals surface area contributed by atoms with Crippen LogP contribution < -0.4 is 9.47 Å². The van der Waals surface area contributed by atoms with E-state index in [9.17, 15) is 29.8 Å². The van der Waals surface area contributed by atoms with Crippen LogP contribution in [0.3, 0.4) is 0 Å². The second kappa shape index (κ2) is 10.9. The Hall–Kier alpha value is -5.38. The molecular formula is C29H22N2O8. The SMILES string of the molecule is CC(C)(c1ccc([N+](=O)[O-])cc1OC(=O)c1ccccc1)c1ccc([N+](=O)[O-])cc1OC(=O)c1ccccc1. The smallest absolute Gasteiger partial charge is 0.343 e. The van der Waals surface area contributed by atoms with Gasteiger partial charge in [-0.05, 0) is 36.4 Å². The van der Waals surface area contributed by atoms with E-state index in [1.54, 1.807) is 74.5 Å². The topological polar surface area (TPSA) is 139 Å². The van der Waals surface area contributed by atoms with Crippen molar-refractivity contribution in [3.8, 4) is 11.5 Å². The first-order chi connectivity index (χ1) is 18.6. The van der Waals surface area contributed by atoms with Crippen LogP contribution in [0.1, 0.15) is 45.7 Å². The van der Waals surface area contributed by atoms with Crippen molar-refractivity contribution >= 4 is 23.3 Å². The molecule has 0 saturated heterocycles. The Balaban J connectivity index is 1.82. The maximum atomic E-state index is 12.9. The van der Waals surface area contributed by atoms with Gasteiger partial charge in [-0.15, -0.1) is 0 Å². The molecule has 0 amide bonds. The van der Waals surface area contributed by atoms with Crippen LogP contribution in [0.5, 0.6) is 11.5 Å². The number of hydrogen-bond acceptors (Lipinski definition) is 8. The molecule has 4 aromatic carbocycles. The van der Waals surface area contributed by atoms with Gasteiger partial charge in [0.1, 0.15) is 11.5 Å². The van der Waals surface area contributed by atoms with Gasteiger partial charge in [0.25, 0.3) is 11.4 Å². The summed E-state index contributed by atoms with van der Waals surface area (Å²) in [7, 11) is 0. The van der Waals surface area contributed by atoms with E-state index in [1.807, 2.05) is 0 Å². The predicted molar refractivity (Wildman–Crippen MR) is 141 cm³/mol. The molecule has 0 aromatic heterocycles. The summed E-state index contributed by atoms with van der Waals surface area (Å²) in [6.07, 6.45) is 0. The van der Waals surface area contributed by atoms with Crippen molar-refractivity contribution in [2.24, 2.45) is 0 Å². The molecule has 4 aromatic rings. The standard InChI is InChI=1S/C29H22N2O8/c1-29(2,23-15-13-21(30(34)35)17-25(23)38-27(32)19-9-5-3-6-10-19)24-16-14-22(31(36)37)18-26(24)39-28(33)20-11-7-4-8-12-20/h3-18H,1-2H3. The molecular weight excluding hydrogens is 504 g/mol. The van der Waals surface area contributed by atoms with Gasteiger partial charge in [0.15, 0.2) is 0 Å². The zero-order valence-electron chi connectivity index (χ0n) is 20.9. The van der Waals surface area contributed by atoms with Crippen molar-refractivity contribution in [2.45, 2.75) is 19.3 Å². The van der Waals surface area contributed by atoms with Crippen LogP contribution in [-0.2, 0) is 5.41 Å². The third kappa shape index (κ3) is 5.80. The lowest BCUT2D eigenvalue weighted by Gasteiger charge is -2.29. The lowest BCUT2D eigenvalue weighted by atomic mass is 9.77. The average Bonchev–Trinajstić information content (AvgIpc) is 2.93. The second-order valence-corrected chi connectivity index (χ2v) is 9.01. The van der Waals surface area contributed by atoms with Crippen molar-refractivity contribution in [3.63, 3.8) is 0 Å². The summed E-state index contributed by atoms with van der Waals surface area (Å²) in [5, 5.41) is 23.0. The summed E-state index contributed by atoms with van der Waals surface area (Å²) in [6, 6.07) is 23.9. The molecule has 0 heterocycles. The number of non-ortho nitro benzene ring substituents is 2. The fourth-order valence-corrected chi connectivity index (χ4v) is 4.06. The zero-order chi connectivity index (χ0) is 28.2. The van der Waals surface area contributed by atoms with E-state index >= 15 is 0 Å². The van der Waals surface area contributed by atoms with Crippen molar-refractivity contribution in [2.75, 3.05) is 0 Å². The number of nitro benzene ring substituents is 2. The summed E-state index contributed by atoms with van der Waals surface area (Å²) in [5.41, 5.74) is -0.537. The molecule has 0 N–H and O–H groups in total. The molecule has 0 atom stereocenters. The lowest BCUT2D eigenvalue weighted by Crippen LogP contribution is -2.23. The van der Waals surface area contributed by atoms with Crippen LogP contribution in [0.15, 0.2) is 97.1 Å². The van der Waals surface area contributed by atoms with Gasteiger partial charge in [-0.3, -0.25) is 20.2 Å². The maximum Gasteiger partial charge on any atom is 0.343 e. The molecule has 0 aliphatic carbocycles. The van der Waals surface area contributed by atoms with E-state index in [-0.39, 0.29) is 34.0 Å². The van der Waals surface area contributed by atoms with E-state index in [1.165, 1.54) is 24.3 Å². The highest BCUT2D eigenvalue weighted by Gasteiger charge is 2.33. The number of benzene rings is 4. The van der Waals surface area contributed by atoms with Crippen molar-refractivity contribution in [1.82, 2.24) is 0 Å². The minimum absolute atomic E-state index is 0.0817. The number of carbonyl (C=O) groups excluding carboxylic acids is 2. The summed E-state index contributed by atoms with van der Waals surface area (Å²) < 4.78 is 11.2. The molecule has 196 valence electrons. The third-order valence-corrected chi connectivity index (χ3v) is 6.12. The molecule has 39 heavy (non-hydrogen) atoms. The largest absolute Gasteiger partial charge is 0.422 e.